The van der Waals surface area contributed by atoms with Crippen molar-refractivity contribution in [3.8, 4) is 0 Å². The SMILES string of the molecule is C/C(=C/C(=O)N1CCN(C(=O)C(C)O)CC1)c1ccccc1. The highest BCUT2D eigenvalue weighted by Gasteiger charge is 2.25. The number of rotatable bonds is 3. The lowest BCUT2D eigenvalue weighted by atomic mass is 10.1. The van der Waals surface area contributed by atoms with Crippen LogP contribution in [0.3, 0.4) is 0 Å². The van der Waals surface area contributed by atoms with Gasteiger partial charge in [0.25, 0.3) is 5.91 Å². The van der Waals surface area contributed by atoms with E-state index >= 15 is 0 Å². The molecule has 5 heteroatoms. The van der Waals surface area contributed by atoms with Gasteiger partial charge in [-0.1, -0.05) is 30.3 Å². The van der Waals surface area contributed by atoms with Gasteiger partial charge in [0.2, 0.25) is 5.91 Å². The molecule has 1 aromatic carbocycles. The molecule has 1 aliphatic heterocycles. The molecule has 5 nitrogen and oxygen atoms in total. The van der Waals surface area contributed by atoms with Crippen LogP contribution in [0.25, 0.3) is 5.57 Å². The van der Waals surface area contributed by atoms with Crippen LogP contribution >= 0.6 is 0 Å². The first-order valence-electron chi connectivity index (χ1n) is 7.48. The minimum absolute atomic E-state index is 0.0366. The Hall–Kier alpha value is -2.14. The maximum Gasteiger partial charge on any atom is 0.251 e. The molecule has 118 valence electrons. The van der Waals surface area contributed by atoms with Gasteiger partial charge in [-0.15, -0.1) is 0 Å². The predicted molar refractivity (Wildman–Crippen MR) is 84.9 cm³/mol. The third-order valence-corrected chi connectivity index (χ3v) is 3.83. The van der Waals surface area contributed by atoms with E-state index in [0.717, 1.165) is 11.1 Å². The summed E-state index contributed by atoms with van der Waals surface area (Å²) in [5.74, 6) is -0.311. The topological polar surface area (TPSA) is 60.9 Å². The van der Waals surface area contributed by atoms with Crippen LogP contribution in [0.15, 0.2) is 36.4 Å². The Kier molecular flexibility index (Phi) is 5.33. The van der Waals surface area contributed by atoms with Crippen molar-refractivity contribution in [2.24, 2.45) is 0 Å². The van der Waals surface area contributed by atoms with Gasteiger partial charge in [-0.3, -0.25) is 9.59 Å². The minimum atomic E-state index is -0.984. The number of benzene rings is 1. The van der Waals surface area contributed by atoms with Crippen LogP contribution in [-0.4, -0.2) is 59.0 Å². The standard InChI is InChI=1S/C17H22N2O3/c1-13(15-6-4-3-5-7-15)12-16(21)18-8-10-19(11-9-18)17(22)14(2)20/h3-7,12,14,20H,8-11H2,1-2H3/b13-12-. The fourth-order valence-electron chi connectivity index (χ4n) is 2.47. The van der Waals surface area contributed by atoms with E-state index in [1.165, 1.54) is 6.92 Å². The number of nitrogens with zero attached hydrogens (tertiary/aromatic N) is 2. The molecule has 1 unspecified atom stereocenters. The number of aliphatic hydroxyl groups is 1. The number of hydrogen-bond acceptors (Lipinski definition) is 3. The van der Waals surface area contributed by atoms with E-state index in [9.17, 15) is 14.7 Å². The molecule has 0 aliphatic carbocycles. The largest absolute Gasteiger partial charge is 0.384 e. The average Bonchev–Trinajstić information content (AvgIpc) is 2.55. The van der Waals surface area contributed by atoms with E-state index < -0.39 is 6.10 Å². The summed E-state index contributed by atoms with van der Waals surface area (Å²) in [7, 11) is 0. The number of hydrogen-bond donors (Lipinski definition) is 1. The molecular weight excluding hydrogens is 280 g/mol. The Morgan fingerprint density at radius 2 is 1.64 bits per heavy atom. The molecule has 0 radical (unpaired) electrons. The fourth-order valence-corrected chi connectivity index (χ4v) is 2.47. The Labute approximate surface area is 130 Å². The summed E-state index contributed by atoms with van der Waals surface area (Å²) < 4.78 is 0. The summed E-state index contributed by atoms with van der Waals surface area (Å²) in [5, 5.41) is 9.31. The minimum Gasteiger partial charge on any atom is -0.384 e. The van der Waals surface area contributed by atoms with E-state index in [2.05, 4.69) is 0 Å². The summed E-state index contributed by atoms with van der Waals surface area (Å²) in [6.07, 6.45) is 0.657. The first-order chi connectivity index (χ1) is 10.5. The third-order valence-electron chi connectivity index (χ3n) is 3.83. The van der Waals surface area contributed by atoms with Gasteiger partial charge in [0.1, 0.15) is 6.10 Å². The Morgan fingerprint density at radius 1 is 1.09 bits per heavy atom. The van der Waals surface area contributed by atoms with E-state index in [4.69, 9.17) is 0 Å². The second-order valence-corrected chi connectivity index (χ2v) is 5.52. The van der Waals surface area contributed by atoms with Gasteiger partial charge in [0, 0.05) is 32.3 Å². The lowest BCUT2D eigenvalue weighted by Crippen LogP contribution is -2.52. The summed E-state index contributed by atoms with van der Waals surface area (Å²) in [6, 6.07) is 9.77. The smallest absolute Gasteiger partial charge is 0.251 e. The van der Waals surface area contributed by atoms with Crippen LogP contribution in [0.5, 0.6) is 0 Å². The zero-order chi connectivity index (χ0) is 16.1. The molecule has 1 aliphatic rings. The Morgan fingerprint density at radius 3 is 2.18 bits per heavy atom. The highest BCUT2D eigenvalue weighted by molar-refractivity contribution is 5.95. The monoisotopic (exact) mass is 302 g/mol. The van der Waals surface area contributed by atoms with Crippen molar-refractivity contribution in [2.45, 2.75) is 20.0 Å². The van der Waals surface area contributed by atoms with Crippen LogP contribution in [-0.2, 0) is 9.59 Å². The highest BCUT2D eigenvalue weighted by Crippen LogP contribution is 2.14. The number of allylic oxidation sites excluding steroid dienone is 1. The lowest BCUT2D eigenvalue weighted by Gasteiger charge is -2.34. The first kappa shape index (κ1) is 16.2. The van der Waals surface area contributed by atoms with Crippen LogP contribution in [0, 0.1) is 0 Å². The summed E-state index contributed by atoms with van der Waals surface area (Å²) in [6.45, 7) is 5.30. The number of piperazine rings is 1. The van der Waals surface area contributed by atoms with Crippen molar-refractivity contribution in [1.29, 1.82) is 0 Å². The summed E-state index contributed by atoms with van der Waals surface area (Å²) >= 11 is 0. The van der Waals surface area contributed by atoms with Crippen LogP contribution < -0.4 is 0 Å². The van der Waals surface area contributed by atoms with Gasteiger partial charge < -0.3 is 14.9 Å². The van der Waals surface area contributed by atoms with Crippen molar-refractivity contribution in [1.82, 2.24) is 9.80 Å². The zero-order valence-corrected chi connectivity index (χ0v) is 13.0. The molecule has 0 bridgehead atoms. The zero-order valence-electron chi connectivity index (χ0n) is 13.0. The second kappa shape index (κ2) is 7.22. The number of aliphatic hydroxyl groups excluding tert-OH is 1. The Balaban J connectivity index is 1.94. The maximum atomic E-state index is 12.3. The van der Waals surface area contributed by atoms with Crippen LogP contribution in [0.2, 0.25) is 0 Å². The van der Waals surface area contributed by atoms with Crippen LogP contribution in [0.1, 0.15) is 19.4 Å². The van der Waals surface area contributed by atoms with Gasteiger partial charge in [-0.25, -0.2) is 0 Å². The molecular formula is C17H22N2O3. The summed E-state index contributed by atoms with van der Waals surface area (Å²) in [5.41, 5.74) is 1.95. The Bertz CT molecular complexity index is 559. The molecule has 2 rings (SSSR count). The van der Waals surface area contributed by atoms with Crippen molar-refractivity contribution in [3.05, 3.63) is 42.0 Å². The molecule has 2 amide bonds. The second-order valence-electron chi connectivity index (χ2n) is 5.52. The van der Waals surface area contributed by atoms with Crippen molar-refractivity contribution in [3.63, 3.8) is 0 Å². The predicted octanol–water partition coefficient (Wildman–Crippen LogP) is 1.14. The third kappa shape index (κ3) is 3.95. The fraction of sp³-hybridized carbons (Fsp3) is 0.412. The molecule has 0 spiro atoms. The molecule has 1 N–H and O–H groups in total. The highest BCUT2D eigenvalue weighted by atomic mass is 16.3. The number of carbonyl (C=O) groups is 2. The molecule has 1 fully saturated rings. The van der Waals surface area contributed by atoms with Crippen molar-refractivity contribution >= 4 is 17.4 Å². The molecule has 1 saturated heterocycles. The molecule has 0 aromatic heterocycles. The van der Waals surface area contributed by atoms with Gasteiger partial charge in [-0.2, -0.15) is 0 Å². The maximum absolute atomic E-state index is 12.3. The van der Waals surface area contributed by atoms with E-state index in [0.29, 0.717) is 26.2 Å². The first-order valence-corrected chi connectivity index (χ1v) is 7.48. The van der Waals surface area contributed by atoms with Crippen LogP contribution in [0.4, 0.5) is 0 Å². The number of carbonyl (C=O) groups excluding carboxylic acids is 2. The van der Waals surface area contributed by atoms with Gasteiger partial charge in [0.15, 0.2) is 0 Å². The quantitative estimate of drug-likeness (QED) is 0.852. The van der Waals surface area contributed by atoms with E-state index in [1.54, 1.807) is 15.9 Å². The normalized spacial score (nSPS) is 17.3. The average molecular weight is 302 g/mol. The number of amides is 2. The van der Waals surface area contributed by atoms with Gasteiger partial charge >= 0.3 is 0 Å². The van der Waals surface area contributed by atoms with Crippen molar-refractivity contribution in [2.75, 3.05) is 26.2 Å². The lowest BCUT2D eigenvalue weighted by molar-refractivity contribution is -0.143. The molecule has 1 aromatic rings. The van der Waals surface area contributed by atoms with Gasteiger partial charge in [-0.05, 0) is 25.0 Å². The van der Waals surface area contributed by atoms with E-state index in [1.807, 2.05) is 37.3 Å². The molecule has 1 atom stereocenters. The van der Waals surface area contributed by atoms with Gasteiger partial charge in [0.05, 0.1) is 0 Å². The molecule has 0 saturated carbocycles. The molecule has 22 heavy (non-hydrogen) atoms. The van der Waals surface area contributed by atoms with Crippen molar-refractivity contribution < 1.29 is 14.7 Å². The summed E-state index contributed by atoms with van der Waals surface area (Å²) in [4.78, 5) is 27.3. The molecule has 1 heterocycles. The van der Waals surface area contributed by atoms with E-state index in [-0.39, 0.29) is 11.8 Å².